The number of hydrogen-bond acceptors (Lipinski definition) is 10. The first-order valence-electron chi connectivity index (χ1n) is 8.93. The third-order valence-electron chi connectivity index (χ3n) is 4.44. The number of fused-ring (bicyclic) bond motifs is 1. The van der Waals surface area contributed by atoms with Gasteiger partial charge in [0.1, 0.15) is 18.6 Å². The van der Waals surface area contributed by atoms with E-state index in [4.69, 9.17) is 15.2 Å². The number of β-lactam (4-membered cyclic amide) rings is 1. The van der Waals surface area contributed by atoms with Gasteiger partial charge in [-0.1, -0.05) is 6.07 Å². The van der Waals surface area contributed by atoms with Gasteiger partial charge in [0, 0.05) is 23.1 Å². The van der Waals surface area contributed by atoms with E-state index in [0.717, 1.165) is 21.5 Å². The Kier molecular flexibility index (Phi) is 8.90. The number of carbonyl (C=O) groups excluding carboxylic acids is 5. The van der Waals surface area contributed by atoms with E-state index in [-0.39, 0.29) is 53.9 Å². The van der Waals surface area contributed by atoms with E-state index in [1.165, 1.54) is 18.3 Å². The average Bonchev–Trinajstić information content (AvgIpc) is 3.20. The molecule has 0 spiro atoms. The van der Waals surface area contributed by atoms with Gasteiger partial charge in [0.2, 0.25) is 11.8 Å². The molecule has 1 aromatic rings. The second-order valence-corrected chi connectivity index (χ2v) is 8.75. The van der Waals surface area contributed by atoms with Crippen LogP contribution in [0.2, 0.25) is 0 Å². The topological polar surface area (TPSA) is 168 Å². The number of carbonyl (C=O) groups is 5. The maximum atomic E-state index is 13.1. The Morgan fingerprint density at radius 2 is 2.09 bits per heavy atom. The number of carboxylic acid groups (broad SMARTS) is 1. The van der Waals surface area contributed by atoms with Crippen molar-refractivity contribution in [3.05, 3.63) is 33.7 Å². The Hall–Kier alpha value is -1.90. The van der Waals surface area contributed by atoms with Crippen molar-refractivity contribution in [1.29, 1.82) is 0 Å². The Bertz CT molecular complexity index is 967. The third kappa shape index (κ3) is 5.35. The number of nitrogens with two attached hydrogens (primary N) is 1. The van der Waals surface area contributed by atoms with Crippen LogP contribution >= 0.6 is 23.1 Å². The largest absolute Gasteiger partial charge is 1.00 e. The number of carboxylic acids is 1. The molecule has 3 amide bonds. The summed E-state index contributed by atoms with van der Waals surface area (Å²) in [5.41, 5.74) is 2.87. The number of nitrogens with zero attached hydrogens (tertiary/aromatic N) is 1. The summed E-state index contributed by atoms with van der Waals surface area (Å²) in [4.78, 5) is 61.3. The normalized spacial score (nSPS) is 21.7. The molecule has 2 aliphatic rings. The second-order valence-electron chi connectivity index (χ2n) is 6.65. The monoisotopic (exact) mass is 491 g/mol. The summed E-state index contributed by atoms with van der Waals surface area (Å²) < 4.78 is 10.3. The van der Waals surface area contributed by atoms with Gasteiger partial charge in [-0.15, -0.1) is 23.1 Å². The van der Waals surface area contributed by atoms with Gasteiger partial charge >= 0.3 is 35.5 Å². The molecule has 3 rings (SSSR count). The SMILES string of the molecule is CC(=O)OCC1=C(C(=O)[O-])N2C(=O)[C@](NC(=O)Cc3cccs3)(OCC(N)=O)[C@H]2SC1.[Na+]. The molecule has 32 heavy (non-hydrogen) atoms. The smallest absolute Gasteiger partial charge is 0.543 e. The van der Waals surface area contributed by atoms with E-state index in [0.29, 0.717) is 0 Å². The molecule has 0 bridgehead atoms. The Labute approximate surface area is 212 Å². The van der Waals surface area contributed by atoms with Crippen LogP contribution in [-0.4, -0.2) is 64.6 Å². The summed E-state index contributed by atoms with van der Waals surface area (Å²) in [6, 6.07) is 3.51. The molecule has 0 unspecified atom stereocenters. The molecule has 2 atom stereocenters. The van der Waals surface area contributed by atoms with Crippen molar-refractivity contribution in [2.45, 2.75) is 24.4 Å². The van der Waals surface area contributed by atoms with E-state index >= 15 is 0 Å². The van der Waals surface area contributed by atoms with Crippen LogP contribution < -0.4 is 45.7 Å². The van der Waals surface area contributed by atoms with Crippen LogP contribution in [0.3, 0.4) is 0 Å². The summed E-state index contributed by atoms with van der Waals surface area (Å²) in [7, 11) is 0. The predicted octanol–water partition coefficient (Wildman–Crippen LogP) is -4.91. The number of rotatable bonds is 9. The summed E-state index contributed by atoms with van der Waals surface area (Å²) >= 11 is 2.43. The summed E-state index contributed by atoms with van der Waals surface area (Å²) in [5.74, 6) is -4.52. The Morgan fingerprint density at radius 1 is 1.38 bits per heavy atom. The van der Waals surface area contributed by atoms with Gasteiger partial charge in [-0.3, -0.25) is 24.1 Å². The first-order chi connectivity index (χ1) is 14.7. The molecule has 1 aromatic heterocycles. The quantitative estimate of drug-likeness (QED) is 0.149. The zero-order valence-corrected chi connectivity index (χ0v) is 20.9. The Balaban J connectivity index is 0.00000363. The minimum atomic E-state index is -1.97. The number of aliphatic carboxylic acids is 1. The maximum absolute atomic E-state index is 13.1. The van der Waals surface area contributed by atoms with Crippen LogP contribution in [0.4, 0.5) is 0 Å². The van der Waals surface area contributed by atoms with E-state index in [1.54, 1.807) is 17.5 Å². The third-order valence-corrected chi connectivity index (χ3v) is 6.69. The van der Waals surface area contributed by atoms with Crippen molar-refractivity contribution in [2.75, 3.05) is 19.0 Å². The average molecular weight is 491 g/mol. The molecule has 0 radical (unpaired) electrons. The Morgan fingerprint density at radius 3 is 2.66 bits per heavy atom. The molecule has 1 saturated heterocycles. The zero-order chi connectivity index (χ0) is 22.8. The summed E-state index contributed by atoms with van der Waals surface area (Å²) in [5, 5.41) is 15.0. The maximum Gasteiger partial charge on any atom is 1.00 e. The number of primary amides is 1. The van der Waals surface area contributed by atoms with Gasteiger partial charge in [0.25, 0.3) is 11.6 Å². The number of nitrogens with one attached hydrogen (secondary N) is 1. The van der Waals surface area contributed by atoms with E-state index < -0.39 is 53.1 Å². The first kappa shape index (κ1) is 26.4. The molecule has 166 valence electrons. The number of amides is 3. The molecule has 2 aliphatic heterocycles. The second kappa shape index (κ2) is 10.8. The van der Waals surface area contributed by atoms with Gasteiger partial charge in [-0.2, -0.15) is 0 Å². The standard InChI is InChI=1S/C18H19N3O8S2.Na/c1-9(22)28-6-10-8-31-17-18(29-7-12(19)23,16(27)21(17)14(10)15(25)26)20-13(24)5-11-3-2-4-30-11;/h2-4,17H,5-8H2,1H3,(H2,19,23)(H,20,24)(H,25,26);/q;+1/p-1/t17-,18+;/m1./s1. The van der Waals surface area contributed by atoms with Gasteiger partial charge in [-0.05, 0) is 11.4 Å². The predicted molar refractivity (Wildman–Crippen MR) is 106 cm³/mol. The molecule has 0 aromatic carbocycles. The molecule has 11 nitrogen and oxygen atoms in total. The van der Waals surface area contributed by atoms with E-state index in [1.807, 2.05) is 0 Å². The number of thioether (sulfide) groups is 1. The molecule has 14 heteroatoms. The summed E-state index contributed by atoms with van der Waals surface area (Å²) in [6.07, 6.45) is -0.0368. The number of hydrogen-bond donors (Lipinski definition) is 2. The molecular weight excluding hydrogens is 473 g/mol. The van der Waals surface area contributed by atoms with Crippen molar-refractivity contribution in [3.63, 3.8) is 0 Å². The minimum absolute atomic E-state index is 0. The molecule has 0 aliphatic carbocycles. The van der Waals surface area contributed by atoms with E-state index in [2.05, 4.69) is 5.32 Å². The molecular formula is C18H18N3NaO8S2. The van der Waals surface area contributed by atoms with Crippen molar-refractivity contribution < 1.29 is 68.1 Å². The van der Waals surface area contributed by atoms with E-state index in [9.17, 15) is 29.1 Å². The molecule has 3 heterocycles. The van der Waals surface area contributed by atoms with Gasteiger partial charge in [-0.25, -0.2) is 0 Å². The van der Waals surface area contributed by atoms with Crippen LogP contribution in [0, 0.1) is 0 Å². The van der Waals surface area contributed by atoms with Crippen molar-refractivity contribution in [1.82, 2.24) is 10.2 Å². The number of esters is 1. The molecule has 3 N–H and O–H groups in total. The number of ether oxygens (including phenoxy) is 2. The van der Waals surface area contributed by atoms with Crippen molar-refractivity contribution in [3.8, 4) is 0 Å². The summed E-state index contributed by atoms with van der Waals surface area (Å²) in [6.45, 7) is 0.168. The van der Waals surface area contributed by atoms with Gasteiger partial charge < -0.3 is 30.4 Å². The van der Waals surface area contributed by atoms with Crippen molar-refractivity contribution >= 4 is 52.8 Å². The molecule has 1 fully saturated rings. The van der Waals surface area contributed by atoms with Gasteiger partial charge in [0.05, 0.1) is 18.1 Å². The van der Waals surface area contributed by atoms with Crippen LogP contribution in [0.5, 0.6) is 0 Å². The first-order valence-corrected chi connectivity index (χ1v) is 10.9. The zero-order valence-electron chi connectivity index (χ0n) is 17.2. The minimum Gasteiger partial charge on any atom is -0.543 e. The molecule has 0 saturated carbocycles. The fourth-order valence-corrected chi connectivity index (χ4v) is 5.26. The fraction of sp³-hybridized carbons (Fsp3) is 0.389. The number of thiophene rings is 1. The van der Waals surface area contributed by atoms with Crippen LogP contribution in [-0.2, 0) is 39.9 Å². The fourth-order valence-electron chi connectivity index (χ4n) is 3.17. The van der Waals surface area contributed by atoms with Gasteiger partial charge in [0.15, 0.2) is 0 Å². The van der Waals surface area contributed by atoms with Crippen LogP contribution in [0.1, 0.15) is 11.8 Å². The van der Waals surface area contributed by atoms with Crippen LogP contribution in [0.15, 0.2) is 28.8 Å². The van der Waals surface area contributed by atoms with Crippen molar-refractivity contribution in [2.24, 2.45) is 5.73 Å². The van der Waals surface area contributed by atoms with Crippen LogP contribution in [0.25, 0.3) is 0 Å².